The van der Waals surface area contributed by atoms with Crippen molar-refractivity contribution in [3.05, 3.63) is 77.5 Å². The molecule has 1 aliphatic rings. The predicted octanol–water partition coefficient (Wildman–Crippen LogP) is 3.66. The number of hydrogen-bond acceptors (Lipinski definition) is 4. The lowest BCUT2D eigenvalue weighted by atomic mass is 9.95. The highest BCUT2D eigenvalue weighted by atomic mass is 16.6. The zero-order valence-electron chi connectivity index (χ0n) is 13.1. The Labute approximate surface area is 135 Å². The van der Waals surface area contributed by atoms with Gasteiger partial charge in [-0.1, -0.05) is 54.6 Å². The topological polar surface area (TPSA) is 48.1 Å². The molecule has 23 heavy (non-hydrogen) atoms. The number of esters is 1. The average Bonchev–Trinajstić information content (AvgIpc) is 3.40. The van der Waals surface area contributed by atoms with E-state index in [2.05, 4.69) is 0 Å². The first-order valence-electron chi connectivity index (χ1n) is 7.37. The first kappa shape index (κ1) is 15.3. The third-order valence-corrected chi connectivity index (χ3v) is 3.82. The molecule has 0 amide bonds. The van der Waals surface area contributed by atoms with E-state index in [0.29, 0.717) is 5.57 Å². The second-order valence-corrected chi connectivity index (χ2v) is 5.23. The lowest BCUT2D eigenvalue weighted by Crippen LogP contribution is -2.06. The molecule has 0 radical (unpaired) electrons. The van der Waals surface area contributed by atoms with Crippen LogP contribution in [0.2, 0.25) is 0 Å². The highest BCUT2D eigenvalue weighted by Gasteiger charge is 2.43. The van der Waals surface area contributed by atoms with E-state index in [0.717, 1.165) is 16.7 Å². The molecule has 2 aromatic rings. The largest absolute Gasteiger partial charge is 0.503 e. The summed E-state index contributed by atoms with van der Waals surface area (Å²) in [6, 6.07) is 17.7. The molecule has 2 aromatic carbocycles. The Balaban J connectivity index is 1.93. The van der Waals surface area contributed by atoms with Gasteiger partial charge in [-0.05, 0) is 16.7 Å². The van der Waals surface area contributed by atoms with Crippen LogP contribution < -0.4 is 0 Å². The van der Waals surface area contributed by atoms with E-state index >= 15 is 0 Å². The van der Waals surface area contributed by atoms with Crippen molar-refractivity contribution in [1.82, 2.24) is 0 Å². The number of rotatable bonds is 5. The molecule has 4 heteroatoms. The van der Waals surface area contributed by atoms with Gasteiger partial charge < -0.3 is 14.2 Å². The Morgan fingerprint density at radius 1 is 1.00 bits per heavy atom. The number of ether oxygens (including phenoxy) is 3. The van der Waals surface area contributed by atoms with Crippen molar-refractivity contribution in [2.75, 3.05) is 14.2 Å². The van der Waals surface area contributed by atoms with E-state index in [1.807, 2.05) is 54.6 Å². The number of carbonyl (C=O) groups is 1. The fraction of sp³-hybridized carbons (Fsp3) is 0.211. The lowest BCUT2D eigenvalue weighted by molar-refractivity contribution is -0.133. The fourth-order valence-corrected chi connectivity index (χ4v) is 2.68. The molecule has 0 bridgehead atoms. The summed E-state index contributed by atoms with van der Waals surface area (Å²) in [6.45, 7) is 0. The van der Waals surface area contributed by atoms with Gasteiger partial charge in [0.2, 0.25) is 0 Å². The first-order chi connectivity index (χ1) is 11.3. The molecular weight excluding hydrogens is 292 g/mol. The molecule has 2 atom stereocenters. The third kappa shape index (κ3) is 3.12. The summed E-state index contributed by atoms with van der Waals surface area (Å²) in [5.41, 5.74) is 3.23. The summed E-state index contributed by atoms with van der Waals surface area (Å²) in [5, 5.41) is 0. The summed E-state index contributed by atoms with van der Waals surface area (Å²) >= 11 is 0. The molecule has 0 aliphatic carbocycles. The summed E-state index contributed by atoms with van der Waals surface area (Å²) < 4.78 is 15.8. The van der Waals surface area contributed by atoms with E-state index in [4.69, 9.17) is 14.2 Å². The van der Waals surface area contributed by atoms with Crippen LogP contribution in [0.15, 0.2) is 60.9 Å². The van der Waals surface area contributed by atoms with Crippen LogP contribution in [0.4, 0.5) is 0 Å². The second kappa shape index (κ2) is 6.67. The van der Waals surface area contributed by atoms with Crippen molar-refractivity contribution in [1.29, 1.82) is 0 Å². The third-order valence-electron chi connectivity index (χ3n) is 3.82. The Bertz CT molecular complexity index is 721. The molecule has 1 heterocycles. The van der Waals surface area contributed by atoms with Crippen molar-refractivity contribution >= 4 is 11.5 Å². The summed E-state index contributed by atoms with van der Waals surface area (Å²) in [4.78, 5) is 12.0. The number of hydrogen-bond donors (Lipinski definition) is 0. The Morgan fingerprint density at radius 3 is 2.39 bits per heavy atom. The van der Waals surface area contributed by atoms with Crippen LogP contribution in [-0.2, 0) is 19.0 Å². The summed E-state index contributed by atoms with van der Waals surface area (Å²) in [5.74, 6) is -0.434. The molecule has 4 nitrogen and oxygen atoms in total. The quantitative estimate of drug-likeness (QED) is 0.366. The van der Waals surface area contributed by atoms with Crippen LogP contribution in [0.1, 0.15) is 28.9 Å². The lowest BCUT2D eigenvalue weighted by Gasteiger charge is -2.10. The van der Waals surface area contributed by atoms with E-state index in [-0.39, 0.29) is 12.2 Å². The van der Waals surface area contributed by atoms with Gasteiger partial charge in [0.1, 0.15) is 17.8 Å². The fourth-order valence-electron chi connectivity index (χ4n) is 2.68. The molecule has 0 spiro atoms. The Morgan fingerprint density at radius 2 is 1.70 bits per heavy atom. The molecule has 0 N–H and O–H groups in total. The van der Waals surface area contributed by atoms with Crippen LogP contribution in [0.3, 0.4) is 0 Å². The minimum absolute atomic E-state index is 0.0128. The summed E-state index contributed by atoms with van der Waals surface area (Å²) in [6.07, 6.45) is 1.35. The van der Waals surface area contributed by atoms with Gasteiger partial charge in [0, 0.05) is 0 Å². The standard InChI is InChI=1S/C19H18O4/c1-21-12-16(19(20)22-2)14-10-6-7-11-15(14)18-17(23-18)13-8-4-3-5-9-13/h3-12,17-18H,1-2H3. The number of epoxide rings is 1. The normalized spacial score (nSPS) is 20.0. The maximum Gasteiger partial charge on any atom is 0.341 e. The number of methoxy groups -OCH3 is 2. The molecule has 118 valence electrons. The van der Waals surface area contributed by atoms with Gasteiger partial charge in [0.25, 0.3) is 0 Å². The molecule has 1 saturated heterocycles. The van der Waals surface area contributed by atoms with E-state index < -0.39 is 5.97 Å². The zero-order chi connectivity index (χ0) is 16.2. The molecule has 1 fully saturated rings. The maximum absolute atomic E-state index is 12.0. The van der Waals surface area contributed by atoms with Crippen molar-refractivity contribution in [2.24, 2.45) is 0 Å². The zero-order valence-corrected chi connectivity index (χ0v) is 13.1. The van der Waals surface area contributed by atoms with Gasteiger partial charge >= 0.3 is 5.97 Å². The van der Waals surface area contributed by atoms with Crippen molar-refractivity contribution < 1.29 is 19.0 Å². The molecule has 3 rings (SSSR count). The summed E-state index contributed by atoms with van der Waals surface area (Å²) in [7, 11) is 2.86. The molecule has 2 unspecified atom stereocenters. The van der Waals surface area contributed by atoms with Crippen LogP contribution in [0, 0.1) is 0 Å². The molecule has 0 aromatic heterocycles. The van der Waals surface area contributed by atoms with Crippen LogP contribution in [0.5, 0.6) is 0 Å². The van der Waals surface area contributed by atoms with Crippen LogP contribution in [0.25, 0.3) is 5.57 Å². The maximum atomic E-state index is 12.0. The van der Waals surface area contributed by atoms with Gasteiger partial charge in [-0.2, -0.15) is 0 Å². The van der Waals surface area contributed by atoms with Crippen molar-refractivity contribution in [2.45, 2.75) is 12.2 Å². The predicted molar refractivity (Wildman–Crippen MR) is 86.5 cm³/mol. The monoisotopic (exact) mass is 310 g/mol. The number of carbonyl (C=O) groups excluding carboxylic acids is 1. The van der Waals surface area contributed by atoms with E-state index in [1.54, 1.807) is 0 Å². The smallest absolute Gasteiger partial charge is 0.341 e. The second-order valence-electron chi connectivity index (χ2n) is 5.23. The minimum Gasteiger partial charge on any atom is -0.503 e. The van der Waals surface area contributed by atoms with Crippen molar-refractivity contribution in [3.8, 4) is 0 Å². The minimum atomic E-state index is -0.434. The van der Waals surface area contributed by atoms with Crippen molar-refractivity contribution in [3.63, 3.8) is 0 Å². The Hall–Kier alpha value is -2.59. The van der Waals surface area contributed by atoms with Crippen LogP contribution in [-0.4, -0.2) is 20.2 Å². The highest BCUT2D eigenvalue weighted by Crippen LogP contribution is 2.52. The average molecular weight is 310 g/mol. The van der Waals surface area contributed by atoms with E-state index in [9.17, 15) is 4.79 Å². The highest BCUT2D eigenvalue weighted by molar-refractivity contribution is 6.16. The molecule has 1 aliphatic heterocycles. The Kier molecular flexibility index (Phi) is 4.44. The van der Waals surface area contributed by atoms with Gasteiger partial charge in [-0.3, -0.25) is 0 Å². The van der Waals surface area contributed by atoms with Gasteiger partial charge in [-0.25, -0.2) is 4.79 Å². The van der Waals surface area contributed by atoms with Gasteiger partial charge in [-0.15, -0.1) is 0 Å². The van der Waals surface area contributed by atoms with Gasteiger partial charge in [0.15, 0.2) is 0 Å². The van der Waals surface area contributed by atoms with Gasteiger partial charge in [0.05, 0.1) is 20.5 Å². The SMILES string of the molecule is COC=C(C(=O)OC)c1ccccc1C1OC1c1ccccc1. The first-order valence-corrected chi connectivity index (χ1v) is 7.37. The number of benzene rings is 2. The van der Waals surface area contributed by atoms with Crippen LogP contribution >= 0.6 is 0 Å². The molecule has 0 saturated carbocycles. The molecular formula is C19H18O4. The van der Waals surface area contributed by atoms with E-state index in [1.165, 1.54) is 20.5 Å².